The van der Waals surface area contributed by atoms with Gasteiger partial charge < -0.3 is 24.4 Å². The maximum Gasteiger partial charge on any atom is 0.389 e. The molecule has 2 aliphatic rings. The van der Waals surface area contributed by atoms with Gasteiger partial charge in [-0.25, -0.2) is 4.79 Å². The maximum absolute atomic E-state index is 12.6. The molecule has 148 valence electrons. The Bertz CT molecular complexity index is 589. The van der Waals surface area contributed by atoms with E-state index in [0.29, 0.717) is 31.2 Å². The van der Waals surface area contributed by atoms with Gasteiger partial charge >= 0.3 is 12.1 Å². The highest BCUT2D eigenvalue weighted by Crippen LogP contribution is 2.32. The third-order valence-electron chi connectivity index (χ3n) is 4.57. The summed E-state index contributed by atoms with van der Waals surface area (Å²) >= 11 is 0. The van der Waals surface area contributed by atoms with Gasteiger partial charge in [0.15, 0.2) is 6.23 Å². The Labute approximate surface area is 150 Å². The van der Waals surface area contributed by atoms with E-state index in [-0.39, 0.29) is 24.6 Å². The van der Waals surface area contributed by atoms with E-state index in [1.807, 2.05) is 11.8 Å². The molecule has 0 saturated carbocycles. The van der Waals surface area contributed by atoms with Gasteiger partial charge in [0.2, 0.25) is 0 Å². The number of rotatable bonds is 6. The molecule has 0 aromatic rings. The third kappa shape index (κ3) is 4.70. The molecule has 2 atom stereocenters. The molecule has 1 unspecified atom stereocenters. The summed E-state index contributed by atoms with van der Waals surface area (Å²) in [6.07, 6.45) is -4.55. The molecule has 0 aromatic heterocycles. The van der Waals surface area contributed by atoms with Crippen molar-refractivity contribution in [2.45, 2.75) is 45.1 Å². The average Bonchev–Trinajstić information content (AvgIpc) is 2.54. The molecule has 0 spiro atoms. The summed E-state index contributed by atoms with van der Waals surface area (Å²) in [4.78, 5) is 15.3. The van der Waals surface area contributed by atoms with Gasteiger partial charge in [-0.3, -0.25) is 0 Å². The fourth-order valence-electron chi connectivity index (χ4n) is 3.34. The minimum Gasteiger partial charge on any atom is -0.478 e. The van der Waals surface area contributed by atoms with Crippen molar-refractivity contribution in [2.75, 3.05) is 33.4 Å². The summed E-state index contributed by atoms with van der Waals surface area (Å²) in [5.74, 6) is -0.460. The highest BCUT2D eigenvalue weighted by atomic mass is 19.4. The molecule has 0 radical (unpaired) electrons. The summed E-state index contributed by atoms with van der Waals surface area (Å²) in [7, 11) is 1.36. The molecule has 2 rings (SSSR count). The molecule has 9 heteroatoms. The number of aliphatic carboxylic acids is 1. The van der Waals surface area contributed by atoms with Crippen LogP contribution in [0.1, 0.15) is 26.7 Å². The SMILES string of the molecule is COC1C(C(=O)O)=C(C)C=C(N2CCOC[C@H]2C)N1CCCC(F)(F)F. The number of methoxy groups -OCH3 is 1. The van der Waals surface area contributed by atoms with E-state index in [0.717, 1.165) is 0 Å². The molecule has 0 bridgehead atoms. The molecule has 0 aliphatic carbocycles. The first-order valence-corrected chi connectivity index (χ1v) is 8.52. The van der Waals surface area contributed by atoms with Crippen LogP contribution < -0.4 is 0 Å². The Kier molecular flexibility index (Phi) is 6.57. The fraction of sp³-hybridized carbons (Fsp3) is 0.706. The van der Waals surface area contributed by atoms with E-state index < -0.39 is 24.8 Å². The van der Waals surface area contributed by atoms with Gasteiger partial charge in [0.05, 0.1) is 24.8 Å². The monoisotopic (exact) mass is 378 g/mol. The van der Waals surface area contributed by atoms with Crippen LogP contribution in [-0.2, 0) is 14.3 Å². The van der Waals surface area contributed by atoms with E-state index in [9.17, 15) is 23.1 Å². The predicted octanol–water partition coefficient (Wildman–Crippen LogP) is 2.58. The lowest BCUT2D eigenvalue weighted by molar-refractivity contribution is -0.141. The second-order valence-corrected chi connectivity index (χ2v) is 6.52. The number of allylic oxidation sites excluding steroid dienone is 2. The van der Waals surface area contributed by atoms with Crippen molar-refractivity contribution in [3.63, 3.8) is 0 Å². The zero-order chi connectivity index (χ0) is 19.5. The number of hydrogen-bond donors (Lipinski definition) is 1. The summed E-state index contributed by atoms with van der Waals surface area (Å²) in [5.41, 5.74) is 0.578. The lowest BCUT2D eigenvalue weighted by atomic mass is 10.0. The Morgan fingerprint density at radius 1 is 1.46 bits per heavy atom. The van der Waals surface area contributed by atoms with Crippen molar-refractivity contribution in [3.05, 3.63) is 23.0 Å². The van der Waals surface area contributed by atoms with Crippen LogP contribution in [0.4, 0.5) is 13.2 Å². The molecule has 1 N–H and O–H groups in total. The quantitative estimate of drug-likeness (QED) is 0.767. The molecule has 1 saturated heterocycles. The van der Waals surface area contributed by atoms with Crippen LogP contribution in [0, 0.1) is 0 Å². The van der Waals surface area contributed by atoms with Gasteiger partial charge in [0.1, 0.15) is 5.82 Å². The number of alkyl halides is 3. The molecule has 1 fully saturated rings. The zero-order valence-electron chi connectivity index (χ0n) is 15.2. The van der Waals surface area contributed by atoms with Gasteiger partial charge in [-0.05, 0) is 31.9 Å². The van der Waals surface area contributed by atoms with Crippen LogP contribution >= 0.6 is 0 Å². The third-order valence-corrected chi connectivity index (χ3v) is 4.57. The minimum absolute atomic E-state index is 0.0248. The zero-order valence-corrected chi connectivity index (χ0v) is 15.2. The minimum atomic E-state index is -4.25. The Morgan fingerprint density at radius 2 is 2.15 bits per heavy atom. The van der Waals surface area contributed by atoms with E-state index in [4.69, 9.17) is 9.47 Å². The number of morpholine rings is 1. The molecule has 6 nitrogen and oxygen atoms in total. The first kappa shape index (κ1) is 20.6. The first-order chi connectivity index (χ1) is 12.2. The van der Waals surface area contributed by atoms with Crippen molar-refractivity contribution < 1.29 is 32.5 Å². The standard InChI is InChI=1S/C17H25F3N2O4/c1-11-9-13(21-7-8-26-10-12(21)2)22(6-4-5-17(18,19)20)15(25-3)14(11)16(23)24/h9,12,15H,4-8,10H2,1-3H3,(H,23,24)/t12-,15?/m1/s1. The van der Waals surface area contributed by atoms with Crippen molar-refractivity contribution in [1.82, 2.24) is 9.80 Å². The number of nitrogens with zero attached hydrogens (tertiary/aromatic N) is 2. The van der Waals surface area contributed by atoms with Gasteiger partial charge in [-0.1, -0.05) is 0 Å². The second kappa shape index (κ2) is 8.30. The number of halogens is 3. The average molecular weight is 378 g/mol. The van der Waals surface area contributed by atoms with Gasteiger partial charge in [0, 0.05) is 26.6 Å². The fourth-order valence-corrected chi connectivity index (χ4v) is 3.34. The highest BCUT2D eigenvalue weighted by molar-refractivity contribution is 5.89. The van der Waals surface area contributed by atoms with E-state index in [2.05, 4.69) is 0 Å². The molecule has 2 aliphatic heterocycles. The lowest BCUT2D eigenvalue weighted by Gasteiger charge is -2.46. The van der Waals surface area contributed by atoms with E-state index in [1.165, 1.54) is 7.11 Å². The molecular formula is C17H25F3N2O4. The second-order valence-electron chi connectivity index (χ2n) is 6.52. The topological polar surface area (TPSA) is 62.2 Å². The number of hydrogen-bond acceptors (Lipinski definition) is 5. The van der Waals surface area contributed by atoms with Crippen molar-refractivity contribution in [3.8, 4) is 0 Å². The summed E-state index contributed by atoms with van der Waals surface area (Å²) in [6.45, 7) is 5.26. The van der Waals surface area contributed by atoms with Gasteiger partial charge in [-0.2, -0.15) is 13.2 Å². The van der Waals surface area contributed by atoms with E-state index >= 15 is 0 Å². The van der Waals surface area contributed by atoms with Crippen molar-refractivity contribution in [1.29, 1.82) is 0 Å². The van der Waals surface area contributed by atoms with Gasteiger partial charge in [0.25, 0.3) is 0 Å². The lowest BCUT2D eigenvalue weighted by Crippen LogP contribution is -2.52. The summed E-state index contributed by atoms with van der Waals surface area (Å²) < 4.78 is 48.5. The Hall–Kier alpha value is -1.74. The first-order valence-electron chi connectivity index (χ1n) is 8.52. The highest BCUT2D eigenvalue weighted by Gasteiger charge is 2.37. The van der Waals surface area contributed by atoms with Crippen molar-refractivity contribution >= 4 is 5.97 Å². The number of carbonyl (C=O) groups is 1. The molecule has 0 amide bonds. The molecule has 2 heterocycles. The predicted molar refractivity (Wildman–Crippen MR) is 88.2 cm³/mol. The van der Waals surface area contributed by atoms with Crippen LogP contribution in [0.25, 0.3) is 0 Å². The summed E-state index contributed by atoms with van der Waals surface area (Å²) in [6, 6.07) is 0.0248. The largest absolute Gasteiger partial charge is 0.478 e. The van der Waals surface area contributed by atoms with E-state index in [1.54, 1.807) is 17.9 Å². The van der Waals surface area contributed by atoms with Crippen LogP contribution in [0.5, 0.6) is 0 Å². The molecule has 26 heavy (non-hydrogen) atoms. The molecular weight excluding hydrogens is 353 g/mol. The number of carboxylic acid groups (broad SMARTS) is 1. The van der Waals surface area contributed by atoms with Gasteiger partial charge in [-0.15, -0.1) is 0 Å². The Balaban J connectivity index is 2.34. The normalized spacial score (nSPS) is 24.8. The van der Waals surface area contributed by atoms with Crippen LogP contribution in [0.3, 0.4) is 0 Å². The number of ether oxygens (including phenoxy) is 2. The van der Waals surface area contributed by atoms with Crippen molar-refractivity contribution in [2.24, 2.45) is 0 Å². The van der Waals surface area contributed by atoms with Crippen LogP contribution in [0.15, 0.2) is 23.0 Å². The van der Waals surface area contributed by atoms with Crippen LogP contribution in [0.2, 0.25) is 0 Å². The molecule has 0 aromatic carbocycles. The van der Waals surface area contributed by atoms with Crippen LogP contribution in [-0.4, -0.2) is 72.7 Å². The summed E-state index contributed by atoms with van der Waals surface area (Å²) in [5, 5.41) is 9.52. The maximum atomic E-state index is 12.6. The Morgan fingerprint density at radius 3 is 2.69 bits per heavy atom. The number of carboxylic acids is 1. The smallest absolute Gasteiger partial charge is 0.389 e.